The summed E-state index contributed by atoms with van der Waals surface area (Å²) < 4.78 is 4.91. The third-order valence-electron chi connectivity index (χ3n) is 1.62. The van der Waals surface area contributed by atoms with Gasteiger partial charge in [-0.15, -0.1) is 0 Å². The first-order valence-corrected chi connectivity index (χ1v) is 3.69. The van der Waals surface area contributed by atoms with Crippen LogP contribution in [0.5, 0.6) is 5.75 Å². The molecule has 0 fully saturated rings. The Labute approximate surface area is 79.6 Å². The van der Waals surface area contributed by atoms with Gasteiger partial charge in [0, 0.05) is 17.7 Å². The molecule has 0 atom stereocenters. The average Bonchev–Trinajstić information content (AvgIpc) is 2.18. The lowest BCUT2D eigenvalue weighted by Crippen LogP contribution is -1.94. The van der Waals surface area contributed by atoms with Crippen LogP contribution in [0.25, 0.3) is 0 Å². The fraction of sp³-hybridized carbons (Fsp3) is 0.125. The van der Waals surface area contributed by atoms with Crippen LogP contribution in [0.2, 0.25) is 0 Å². The summed E-state index contributed by atoms with van der Waals surface area (Å²) >= 11 is 0. The van der Waals surface area contributed by atoms with Gasteiger partial charge in [0.15, 0.2) is 0 Å². The van der Waals surface area contributed by atoms with Gasteiger partial charge in [0.1, 0.15) is 5.75 Å². The molecule has 0 aromatic heterocycles. The van der Waals surface area contributed by atoms with Crippen molar-refractivity contribution < 1.29 is 14.9 Å². The quantitative estimate of drug-likeness (QED) is 0.343. The van der Waals surface area contributed by atoms with Gasteiger partial charge in [-0.3, -0.25) is 10.1 Å². The maximum Gasteiger partial charge on any atom is 0.270 e. The van der Waals surface area contributed by atoms with Crippen LogP contribution in [0.3, 0.4) is 0 Å². The molecule has 0 aliphatic rings. The van der Waals surface area contributed by atoms with Crippen molar-refractivity contribution in [1.29, 1.82) is 0 Å². The van der Waals surface area contributed by atoms with E-state index in [9.17, 15) is 10.1 Å². The van der Waals surface area contributed by atoms with E-state index in [0.29, 0.717) is 11.3 Å². The van der Waals surface area contributed by atoms with Crippen LogP contribution in [-0.2, 0) is 0 Å². The Morgan fingerprint density at radius 3 is 2.86 bits per heavy atom. The van der Waals surface area contributed by atoms with Crippen molar-refractivity contribution in [3.63, 3.8) is 0 Å². The third kappa shape index (κ3) is 1.98. The first-order valence-electron chi connectivity index (χ1n) is 3.69. The van der Waals surface area contributed by atoms with Crippen molar-refractivity contribution in [1.82, 2.24) is 0 Å². The number of hydrogen-bond acceptors (Lipinski definition) is 5. The molecule has 1 aromatic rings. The highest BCUT2D eigenvalue weighted by atomic mass is 16.6. The molecule has 0 saturated heterocycles. The van der Waals surface area contributed by atoms with Crippen molar-refractivity contribution in [3.8, 4) is 5.75 Å². The van der Waals surface area contributed by atoms with E-state index in [1.165, 1.54) is 25.3 Å². The summed E-state index contributed by atoms with van der Waals surface area (Å²) in [5.41, 5.74) is 0.268. The zero-order valence-corrected chi connectivity index (χ0v) is 7.38. The van der Waals surface area contributed by atoms with Crippen molar-refractivity contribution in [3.05, 3.63) is 33.9 Å². The van der Waals surface area contributed by atoms with Gasteiger partial charge in [0.05, 0.1) is 18.2 Å². The summed E-state index contributed by atoms with van der Waals surface area (Å²) in [6.45, 7) is 0. The predicted molar refractivity (Wildman–Crippen MR) is 49.0 cm³/mol. The minimum absolute atomic E-state index is 0.0827. The van der Waals surface area contributed by atoms with E-state index in [1.807, 2.05) is 0 Å². The van der Waals surface area contributed by atoms with E-state index in [0.717, 1.165) is 6.21 Å². The topological polar surface area (TPSA) is 85.0 Å². The van der Waals surface area contributed by atoms with E-state index in [-0.39, 0.29) is 5.69 Å². The molecular formula is C8H8N2O4. The molecule has 1 rings (SSSR count). The number of non-ortho nitro benzene ring substituents is 1. The van der Waals surface area contributed by atoms with Crippen molar-refractivity contribution >= 4 is 11.9 Å². The molecule has 74 valence electrons. The van der Waals surface area contributed by atoms with E-state index in [2.05, 4.69) is 5.16 Å². The Balaban J connectivity index is 3.20. The van der Waals surface area contributed by atoms with Gasteiger partial charge in [0.25, 0.3) is 5.69 Å². The second-order valence-corrected chi connectivity index (χ2v) is 2.43. The number of oxime groups is 1. The molecule has 6 nitrogen and oxygen atoms in total. The van der Waals surface area contributed by atoms with Gasteiger partial charge in [-0.25, -0.2) is 0 Å². The van der Waals surface area contributed by atoms with Crippen LogP contribution in [0.1, 0.15) is 5.56 Å². The lowest BCUT2D eigenvalue weighted by atomic mass is 10.2. The molecule has 0 radical (unpaired) electrons. The van der Waals surface area contributed by atoms with Gasteiger partial charge >= 0.3 is 0 Å². The van der Waals surface area contributed by atoms with E-state index >= 15 is 0 Å². The fourth-order valence-electron chi connectivity index (χ4n) is 0.998. The Morgan fingerprint density at radius 2 is 2.36 bits per heavy atom. The minimum Gasteiger partial charge on any atom is -0.496 e. The molecule has 0 amide bonds. The predicted octanol–water partition coefficient (Wildman–Crippen LogP) is 1.41. The second-order valence-electron chi connectivity index (χ2n) is 2.43. The summed E-state index contributed by atoms with van der Waals surface area (Å²) in [6.07, 6.45) is 1.08. The van der Waals surface area contributed by atoms with Gasteiger partial charge in [-0.05, 0) is 6.07 Å². The lowest BCUT2D eigenvalue weighted by molar-refractivity contribution is -0.384. The smallest absolute Gasteiger partial charge is 0.270 e. The molecule has 0 unspecified atom stereocenters. The van der Waals surface area contributed by atoms with E-state index in [1.54, 1.807) is 0 Å². The van der Waals surface area contributed by atoms with Gasteiger partial charge in [-0.2, -0.15) is 0 Å². The van der Waals surface area contributed by atoms with Crippen molar-refractivity contribution in [2.45, 2.75) is 0 Å². The number of methoxy groups -OCH3 is 1. The number of rotatable bonds is 3. The maximum atomic E-state index is 10.4. The zero-order valence-electron chi connectivity index (χ0n) is 7.38. The Bertz CT molecular complexity index is 376. The number of nitrogens with zero attached hydrogens (tertiary/aromatic N) is 2. The number of hydrogen-bond donors (Lipinski definition) is 1. The Hall–Kier alpha value is -2.11. The minimum atomic E-state index is -0.534. The number of nitro benzene ring substituents is 1. The number of nitro groups is 1. The first-order chi connectivity index (χ1) is 6.69. The summed E-state index contributed by atoms with van der Waals surface area (Å²) in [4.78, 5) is 9.88. The standard InChI is InChI=1S/C8H8N2O4/c1-14-8-3-2-7(10(12)13)4-6(8)5-9-11/h2-5,11H,1H3/b9-5+. The molecule has 0 spiro atoms. The van der Waals surface area contributed by atoms with Gasteiger partial charge in [0.2, 0.25) is 0 Å². The normalized spacial score (nSPS) is 10.4. The highest BCUT2D eigenvalue weighted by Gasteiger charge is 2.09. The summed E-state index contributed by atoms with van der Waals surface area (Å²) in [6, 6.07) is 4.02. The van der Waals surface area contributed by atoms with Crippen molar-refractivity contribution in [2.75, 3.05) is 7.11 Å². The molecule has 0 aliphatic heterocycles. The summed E-state index contributed by atoms with van der Waals surface area (Å²) in [5, 5.41) is 21.5. The first kappa shape index (κ1) is 9.97. The molecule has 0 bridgehead atoms. The summed E-state index contributed by atoms with van der Waals surface area (Å²) in [7, 11) is 1.43. The van der Waals surface area contributed by atoms with Crippen LogP contribution >= 0.6 is 0 Å². The highest BCUT2D eigenvalue weighted by Crippen LogP contribution is 2.22. The monoisotopic (exact) mass is 196 g/mol. The van der Waals surface area contributed by atoms with Crippen LogP contribution in [-0.4, -0.2) is 23.5 Å². The Morgan fingerprint density at radius 1 is 1.64 bits per heavy atom. The highest BCUT2D eigenvalue weighted by molar-refractivity contribution is 5.84. The molecule has 0 heterocycles. The molecule has 6 heteroatoms. The molecule has 1 N–H and O–H groups in total. The van der Waals surface area contributed by atoms with Crippen LogP contribution < -0.4 is 4.74 Å². The van der Waals surface area contributed by atoms with Crippen LogP contribution in [0.4, 0.5) is 5.69 Å². The van der Waals surface area contributed by atoms with E-state index in [4.69, 9.17) is 9.94 Å². The molecule has 0 saturated carbocycles. The largest absolute Gasteiger partial charge is 0.496 e. The summed E-state index contributed by atoms with van der Waals surface area (Å²) in [5.74, 6) is 0.411. The average molecular weight is 196 g/mol. The van der Waals surface area contributed by atoms with Crippen LogP contribution in [0, 0.1) is 10.1 Å². The van der Waals surface area contributed by atoms with Gasteiger partial charge < -0.3 is 9.94 Å². The van der Waals surface area contributed by atoms with Gasteiger partial charge in [-0.1, -0.05) is 5.16 Å². The molecule has 1 aromatic carbocycles. The third-order valence-corrected chi connectivity index (χ3v) is 1.62. The Kier molecular flexibility index (Phi) is 3.01. The fourth-order valence-corrected chi connectivity index (χ4v) is 0.998. The molecule has 14 heavy (non-hydrogen) atoms. The van der Waals surface area contributed by atoms with Crippen molar-refractivity contribution in [2.24, 2.45) is 5.16 Å². The number of benzene rings is 1. The number of ether oxygens (including phenoxy) is 1. The molecule has 0 aliphatic carbocycles. The zero-order chi connectivity index (χ0) is 10.6. The van der Waals surface area contributed by atoms with E-state index < -0.39 is 4.92 Å². The molecular weight excluding hydrogens is 188 g/mol. The maximum absolute atomic E-state index is 10.4. The van der Waals surface area contributed by atoms with Crippen LogP contribution in [0.15, 0.2) is 23.4 Å². The lowest BCUT2D eigenvalue weighted by Gasteiger charge is -2.02. The SMILES string of the molecule is COc1ccc([N+](=O)[O-])cc1/C=N/O. The second kappa shape index (κ2) is 4.22.